The molecular weight excluding hydrogens is 286 g/mol. The third-order valence-electron chi connectivity index (χ3n) is 4.08. The molecule has 2 atom stereocenters. The van der Waals surface area contributed by atoms with Gasteiger partial charge in [0.1, 0.15) is 0 Å². The summed E-state index contributed by atoms with van der Waals surface area (Å²) in [7, 11) is 0. The van der Waals surface area contributed by atoms with E-state index >= 15 is 0 Å². The van der Waals surface area contributed by atoms with Gasteiger partial charge in [0.25, 0.3) is 0 Å². The van der Waals surface area contributed by atoms with E-state index in [1.165, 1.54) is 19.3 Å². The molecule has 1 fully saturated rings. The summed E-state index contributed by atoms with van der Waals surface area (Å²) in [6.07, 6.45) is 5.99. The molecule has 1 aliphatic carbocycles. The number of hydrogen-bond donors (Lipinski definition) is 2. The lowest BCUT2D eigenvalue weighted by atomic mass is 9.98. The molecule has 21 heavy (non-hydrogen) atoms. The highest BCUT2D eigenvalue weighted by Gasteiger charge is 2.16. The van der Waals surface area contributed by atoms with Gasteiger partial charge < -0.3 is 15.2 Å². The van der Waals surface area contributed by atoms with Crippen LogP contribution in [0.1, 0.15) is 50.6 Å². The first kappa shape index (κ1) is 16.8. The van der Waals surface area contributed by atoms with Crippen molar-refractivity contribution in [2.24, 2.45) is 0 Å². The fourth-order valence-corrected chi connectivity index (χ4v) is 2.94. The average molecular weight is 312 g/mol. The Morgan fingerprint density at radius 3 is 2.81 bits per heavy atom. The molecule has 0 spiro atoms. The Morgan fingerprint density at radius 1 is 1.33 bits per heavy atom. The van der Waals surface area contributed by atoms with Crippen LogP contribution < -0.4 is 5.32 Å². The summed E-state index contributed by atoms with van der Waals surface area (Å²) >= 11 is 5.99. The lowest BCUT2D eigenvalue weighted by Crippen LogP contribution is -2.33. The van der Waals surface area contributed by atoms with E-state index in [1.54, 1.807) is 0 Å². The summed E-state index contributed by atoms with van der Waals surface area (Å²) in [6.45, 7) is 3.01. The maximum atomic E-state index is 10.0. The molecule has 0 amide bonds. The van der Waals surface area contributed by atoms with E-state index in [-0.39, 0.29) is 6.04 Å². The third-order valence-corrected chi connectivity index (χ3v) is 4.32. The molecule has 1 saturated carbocycles. The van der Waals surface area contributed by atoms with Gasteiger partial charge in [-0.1, -0.05) is 43.0 Å². The molecule has 3 nitrogen and oxygen atoms in total. The van der Waals surface area contributed by atoms with Gasteiger partial charge in [0, 0.05) is 17.6 Å². The first-order valence-corrected chi connectivity index (χ1v) is 8.31. The summed E-state index contributed by atoms with van der Waals surface area (Å²) in [6, 6.07) is 7.95. The van der Waals surface area contributed by atoms with E-state index in [2.05, 4.69) is 12.2 Å². The van der Waals surface area contributed by atoms with Crippen molar-refractivity contribution in [2.75, 3.05) is 13.2 Å². The molecule has 1 aliphatic rings. The van der Waals surface area contributed by atoms with E-state index in [9.17, 15) is 5.11 Å². The fourth-order valence-electron chi connectivity index (χ4n) is 2.74. The molecule has 1 aromatic carbocycles. The van der Waals surface area contributed by atoms with Crippen LogP contribution in [0.4, 0.5) is 0 Å². The highest BCUT2D eigenvalue weighted by atomic mass is 35.5. The molecule has 0 bridgehead atoms. The molecule has 0 saturated heterocycles. The van der Waals surface area contributed by atoms with Gasteiger partial charge in [-0.15, -0.1) is 0 Å². The van der Waals surface area contributed by atoms with E-state index in [1.807, 2.05) is 24.3 Å². The van der Waals surface area contributed by atoms with Crippen LogP contribution >= 0.6 is 11.6 Å². The number of aliphatic hydroxyl groups excluding tert-OH is 1. The van der Waals surface area contributed by atoms with Crippen LogP contribution in [0, 0.1) is 0 Å². The Bertz CT molecular complexity index is 421. The minimum atomic E-state index is -0.464. The number of ether oxygens (including phenoxy) is 1. The van der Waals surface area contributed by atoms with Gasteiger partial charge in [0.2, 0.25) is 0 Å². The molecule has 1 aromatic rings. The predicted octanol–water partition coefficient (Wildman–Crippen LogP) is 3.70. The van der Waals surface area contributed by atoms with E-state index in [0.717, 1.165) is 23.4 Å². The van der Waals surface area contributed by atoms with Gasteiger partial charge in [-0.25, -0.2) is 0 Å². The SMILES string of the molecule is C[C@H](NCC(O)COC1CCCCC1)c1cccc(Cl)c1. The minimum absolute atomic E-state index is 0.160. The van der Waals surface area contributed by atoms with E-state index in [0.29, 0.717) is 19.3 Å². The van der Waals surface area contributed by atoms with Crippen LogP contribution in [-0.2, 0) is 4.74 Å². The standard InChI is InChI=1S/C17H26ClNO2/c1-13(14-6-5-7-15(18)10-14)19-11-16(20)12-21-17-8-3-2-4-9-17/h5-7,10,13,16-17,19-20H,2-4,8-9,11-12H2,1H3/t13-,16?/m0/s1. The highest BCUT2D eigenvalue weighted by Crippen LogP contribution is 2.20. The number of aliphatic hydroxyl groups is 1. The van der Waals surface area contributed by atoms with Crippen molar-refractivity contribution in [2.45, 2.75) is 57.3 Å². The second kappa shape index (κ2) is 8.74. The highest BCUT2D eigenvalue weighted by molar-refractivity contribution is 6.30. The maximum absolute atomic E-state index is 10.0. The van der Waals surface area contributed by atoms with Crippen LogP contribution in [0.25, 0.3) is 0 Å². The summed E-state index contributed by atoms with van der Waals surface area (Å²) in [4.78, 5) is 0. The molecule has 4 heteroatoms. The summed E-state index contributed by atoms with van der Waals surface area (Å²) in [5.74, 6) is 0. The Labute approximate surface area is 132 Å². The number of nitrogens with one attached hydrogen (secondary N) is 1. The largest absolute Gasteiger partial charge is 0.389 e. The van der Waals surface area contributed by atoms with Crippen molar-refractivity contribution in [3.05, 3.63) is 34.9 Å². The minimum Gasteiger partial charge on any atom is -0.389 e. The average Bonchev–Trinajstić information content (AvgIpc) is 2.51. The van der Waals surface area contributed by atoms with Crippen molar-refractivity contribution in [1.82, 2.24) is 5.32 Å². The van der Waals surface area contributed by atoms with Crippen molar-refractivity contribution < 1.29 is 9.84 Å². The normalized spacial score (nSPS) is 19.4. The first-order chi connectivity index (χ1) is 10.1. The van der Waals surface area contributed by atoms with Crippen LogP contribution in [0.15, 0.2) is 24.3 Å². The molecule has 0 radical (unpaired) electrons. The van der Waals surface area contributed by atoms with Gasteiger partial charge in [-0.2, -0.15) is 0 Å². The maximum Gasteiger partial charge on any atom is 0.0898 e. The van der Waals surface area contributed by atoms with Crippen molar-refractivity contribution in [3.63, 3.8) is 0 Å². The van der Waals surface area contributed by atoms with Gasteiger partial charge >= 0.3 is 0 Å². The number of hydrogen-bond acceptors (Lipinski definition) is 3. The first-order valence-electron chi connectivity index (χ1n) is 7.93. The molecule has 0 aliphatic heterocycles. The molecular formula is C17H26ClNO2. The number of halogens is 1. The zero-order valence-corrected chi connectivity index (χ0v) is 13.5. The summed E-state index contributed by atoms with van der Waals surface area (Å²) < 4.78 is 5.79. The van der Waals surface area contributed by atoms with E-state index in [4.69, 9.17) is 16.3 Å². The zero-order chi connectivity index (χ0) is 15.1. The number of benzene rings is 1. The monoisotopic (exact) mass is 311 g/mol. The molecule has 2 rings (SSSR count). The Morgan fingerprint density at radius 2 is 2.10 bits per heavy atom. The number of rotatable bonds is 7. The fraction of sp³-hybridized carbons (Fsp3) is 0.647. The quantitative estimate of drug-likeness (QED) is 0.806. The Balaban J connectivity index is 1.67. The summed E-state index contributed by atoms with van der Waals surface area (Å²) in [5.41, 5.74) is 1.13. The Hall–Kier alpha value is -0.610. The smallest absolute Gasteiger partial charge is 0.0898 e. The lowest BCUT2D eigenvalue weighted by molar-refractivity contribution is -0.0235. The van der Waals surface area contributed by atoms with E-state index < -0.39 is 6.10 Å². The van der Waals surface area contributed by atoms with Crippen molar-refractivity contribution in [3.8, 4) is 0 Å². The second-order valence-electron chi connectivity index (χ2n) is 5.93. The van der Waals surface area contributed by atoms with Gasteiger partial charge in [0.05, 0.1) is 18.8 Å². The zero-order valence-electron chi connectivity index (χ0n) is 12.7. The van der Waals surface area contributed by atoms with Crippen LogP contribution in [0.5, 0.6) is 0 Å². The van der Waals surface area contributed by atoms with Crippen LogP contribution in [0.2, 0.25) is 5.02 Å². The van der Waals surface area contributed by atoms with Gasteiger partial charge in [-0.05, 0) is 37.5 Å². The third kappa shape index (κ3) is 5.95. The lowest BCUT2D eigenvalue weighted by Gasteiger charge is -2.24. The molecule has 2 N–H and O–H groups in total. The van der Waals surface area contributed by atoms with Crippen molar-refractivity contribution >= 4 is 11.6 Å². The molecule has 118 valence electrons. The molecule has 0 heterocycles. The van der Waals surface area contributed by atoms with Crippen molar-refractivity contribution in [1.29, 1.82) is 0 Å². The summed E-state index contributed by atoms with van der Waals surface area (Å²) in [5, 5.41) is 14.1. The van der Waals surface area contributed by atoms with Gasteiger partial charge in [0.15, 0.2) is 0 Å². The topological polar surface area (TPSA) is 41.5 Å². The van der Waals surface area contributed by atoms with Gasteiger partial charge in [-0.3, -0.25) is 0 Å². The molecule has 0 aromatic heterocycles. The van der Waals surface area contributed by atoms with Crippen LogP contribution in [-0.4, -0.2) is 30.5 Å². The molecule has 1 unspecified atom stereocenters. The Kier molecular flexibility index (Phi) is 6.97. The van der Waals surface area contributed by atoms with Crippen LogP contribution in [0.3, 0.4) is 0 Å². The second-order valence-corrected chi connectivity index (χ2v) is 6.37. The predicted molar refractivity (Wildman–Crippen MR) is 86.7 cm³/mol.